The summed E-state index contributed by atoms with van der Waals surface area (Å²) in [6, 6.07) is 11.7. The van der Waals surface area contributed by atoms with Crippen LogP contribution in [0, 0.1) is 12.7 Å². The van der Waals surface area contributed by atoms with E-state index in [2.05, 4.69) is 15.3 Å². The second-order valence-electron chi connectivity index (χ2n) is 6.33. The van der Waals surface area contributed by atoms with Crippen LogP contribution in [-0.4, -0.2) is 31.7 Å². The van der Waals surface area contributed by atoms with E-state index >= 15 is 0 Å². The van der Waals surface area contributed by atoms with Gasteiger partial charge in [-0.1, -0.05) is 18.2 Å². The van der Waals surface area contributed by atoms with Gasteiger partial charge in [-0.2, -0.15) is 10.2 Å². The lowest BCUT2D eigenvalue weighted by atomic mass is 10.1. The van der Waals surface area contributed by atoms with Crippen LogP contribution in [0.1, 0.15) is 11.4 Å². The second-order valence-corrected chi connectivity index (χ2v) is 6.33. The Morgan fingerprint density at radius 1 is 1.18 bits per heavy atom. The Balaban J connectivity index is 1.75. The van der Waals surface area contributed by atoms with Gasteiger partial charge < -0.3 is 4.74 Å². The van der Waals surface area contributed by atoms with E-state index in [1.807, 2.05) is 18.2 Å². The van der Waals surface area contributed by atoms with E-state index in [9.17, 15) is 9.18 Å². The number of H-pyrrole nitrogens is 1. The van der Waals surface area contributed by atoms with E-state index < -0.39 is 0 Å². The molecule has 1 N–H and O–H groups in total. The standard InChI is InChI=1S/C20H18FN5O2/c1-13-24-25(12-14-4-3-5-17(21)8-14)20(27)26(13)18-7-6-15(9-19(18)28-2)16-10-22-23-11-16/h3-11H,12H2,1-2H3,(H,22,23). The molecule has 4 aromatic rings. The van der Waals surface area contributed by atoms with Crippen molar-refractivity contribution in [1.29, 1.82) is 0 Å². The number of nitrogens with one attached hydrogen (secondary N) is 1. The molecule has 0 aliphatic heterocycles. The van der Waals surface area contributed by atoms with E-state index in [0.717, 1.165) is 11.1 Å². The first-order valence-corrected chi connectivity index (χ1v) is 8.65. The highest BCUT2D eigenvalue weighted by Crippen LogP contribution is 2.29. The molecule has 0 amide bonds. The van der Waals surface area contributed by atoms with Gasteiger partial charge in [0.2, 0.25) is 0 Å². The molecule has 0 spiro atoms. The first kappa shape index (κ1) is 17.7. The molecule has 2 heterocycles. The number of hydrogen-bond donors (Lipinski definition) is 1. The fraction of sp³-hybridized carbons (Fsp3) is 0.150. The summed E-state index contributed by atoms with van der Waals surface area (Å²) in [6.45, 7) is 1.92. The quantitative estimate of drug-likeness (QED) is 0.578. The summed E-state index contributed by atoms with van der Waals surface area (Å²) < 4.78 is 21.7. The fourth-order valence-corrected chi connectivity index (χ4v) is 3.16. The Labute approximate surface area is 160 Å². The van der Waals surface area contributed by atoms with Gasteiger partial charge in [-0.25, -0.2) is 18.4 Å². The number of aryl methyl sites for hydroxylation is 1. The van der Waals surface area contributed by atoms with Crippen LogP contribution in [0.2, 0.25) is 0 Å². The molecule has 7 nitrogen and oxygen atoms in total. The number of hydrogen-bond acceptors (Lipinski definition) is 4. The maximum atomic E-state index is 13.4. The highest BCUT2D eigenvalue weighted by atomic mass is 19.1. The van der Waals surface area contributed by atoms with E-state index in [-0.39, 0.29) is 18.1 Å². The lowest BCUT2D eigenvalue weighted by Crippen LogP contribution is -2.25. The van der Waals surface area contributed by atoms with Gasteiger partial charge in [-0.05, 0) is 42.3 Å². The minimum Gasteiger partial charge on any atom is -0.495 e. The van der Waals surface area contributed by atoms with Crippen LogP contribution in [0.15, 0.2) is 59.7 Å². The Bertz CT molecular complexity index is 1180. The molecule has 0 saturated carbocycles. The summed E-state index contributed by atoms with van der Waals surface area (Å²) in [5.41, 5.74) is 2.75. The molecule has 0 unspecified atom stereocenters. The van der Waals surface area contributed by atoms with Gasteiger partial charge in [0.1, 0.15) is 17.4 Å². The summed E-state index contributed by atoms with van der Waals surface area (Å²) in [5.74, 6) is 0.697. The minimum absolute atomic E-state index is 0.180. The van der Waals surface area contributed by atoms with Crippen molar-refractivity contribution in [1.82, 2.24) is 24.5 Å². The van der Waals surface area contributed by atoms with E-state index in [1.54, 1.807) is 38.6 Å². The Kier molecular flexibility index (Phi) is 4.52. The molecule has 0 bridgehead atoms. The molecule has 0 radical (unpaired) electrons. The molecule has 2 aromatic carbocycles. The molecule has 0 aliphatic rings. The molecule has 28 heavy (non-hydrogen) atoms. The molecule has 0 fully saturated rings. The van der Waals surface area contributed by atoms with Crippen molar-refractivity contribution in [2.75, 3.05) is 7.11 Å². The van der Waals surface area contributed by atoms with Crippen molar-refractivity contribution < 1.29 is 9.13 Å². The Morgan fingerprint density at radius 2 is 2.04 bits per heavy atom. The number of rotatable bonds is 5. The van der Waals surface area contributed by atoms with Crippen molar-refractivity contribution in [2.45, 2.75) is 13.5 Å². The van der Waals surface area contributed by atoms with Crippen LogP contribution in [-0.2, 0) is 6.54 Å². The van der Waals surface area contributed by atoms with E-state index in [1.165, 1.54) is 21.4 Å². The van der Waals surface area contributed by atoms with Crippen LogP contribution in [0.25, 0.3) is 16.8 Å². The number of methoxy groups -OCH3 is 1. The Hall–Kier alpha value is -3.68. The summed E-state index contributed by atoms with van der Waals surface area (Å²) in [5, 5.41) is 11.1. The third-order valence-corrected chi connectivity index (χ3v) is 4.47. The van der Waals surface area contributed by atoms with Gasteiger partial charge in [0.15, 0.2) is 0 Å². The van der Waals surface area contributed by atoms with Crippen molar-refractivity contribution in [3.05, 3.63) is 82.5 Å². The molecular weight excluding hydrogens is 361 g/mol. The maximum Gasteiger partial charge on any atom is 0.351 e. The van der Waals surface area contributed by atoms with Crippen LogP contribution >= 0.6 is 0 Å². The number of ether oxygens (including phenoxy) is 1. The average molecular weight is 379 g/mol. The SMILES string of the molecule is COc1cc(-c2cn[nH]c2)ccc1-n1c(C)nn(Cc2cccc(F)c2)c1=O. The lowest BCUT2D eigenvalue weighted by molar-refractivity contribution is 0.412. The molecule has 142 valence electrons. The van der Waals surface area contributed by atoms with Gasteiger partial charge in [-0.15, -0.1) is 0 Å². The van der Waals surface area contributed by atoms with Gasteiger partial charge in [0.05, 0.1) is 25.5 Å². The number of benzene rings is 2. The summed E-state index contributed by atoms with van der Waals surface area (Å²) in [4.78, 5) is 13.0. The predicted molar refractivity (Wildman–Crippen MR) is 102 cm³/mol. The largest absolute Gasteiger partial charge is 0.495 e. The average Bonchev–Trinajstić information content (AvgIpc) is 3.31. The summed E-state index contributed by atoms with van der Waals surface area (Å²) >= 11 is 0. The van der Waals surface area contributed by atoms with Crippen LogP contribution in [0.4, 0.5) is 4.39 Å². The normalized spacial score (nSPS) is 11.0. The van der Waals surface area contributed by atoms with Crippen molar-refractivity contribution in [2.24, 2.45) is 0 Å². The number of nitrogens with zero attached hydrogens (tertiary/aromatic N) is 4. The molecular formula is C20H18FN5O2. The van der Waals surface area contributed by atoms with Crippen molar-refractivity contribution in [3.63, 3.8) is 0 Å². The van der Waals surface area contributed by atoms with E-state index in [4.69, 9.17) is 4.74 Å². The van der Waals surface area contributed by atoms with Gasteiger partial charge >= 0.3 is 5.69 Å². The number of aromatic nitrogens is 5. The van der Waals surface area contributed by atoms with Gasteiger partial charge in [0, 0.05) is 11.8 Å². The van der Waals surface area contributed by atoms with Crippen LogP contribution in [0.3, 0.4) is 0 Å². The van der Waals surface area contributed by atoms with Gasteiger partial charge in [-0.3, -0.25) is 5.10 Å². The van der Waals surface area contributed by atoms with Crippen LogP contribution < -0.4 is 10.4 Å². The molecule has 2 aromatic heterocycles. The fourth-order valence-electron chi connectivity index (χ4n) is 3.16. The van der Waals surface area contributed by atoms with Crippen LogP contribution in [0.5, 0.6) is 5.75 Å². The third kappa shape index (κ3) is 3.20. The smallest absolute Gasteiger partial charge is 0.351 e. The number of halogens is 1. The highest BCUT2D eigenvalue weighted by Gasteiger charge is 2.17. The highest BCUT2D eigenvalue weighted by molar-refractivity contribution is 5.67. The van der Waals surface area contributed by atoms with E-state index in [0.29, 0.717) is 22.8 Å². The maximum absolute atomic E-state index is 13.4. The minimum atomic E-state index is -0.349. The monoisotopic (exact) mass is 379 g/mol. The molecule has 0 atom stereocenters. The lowest BCUT2D eigenvalue weighted by Gasteiger charge is -2.11. The molecule has 0 aliphatic carbocycles. The van der Waals surface area contributed by atoms with Crippen molar-refractivity contribution in [3.8, 4) is 22.6 Å². The third-order valence-electron chi connectivity index (χ3n) is 4.47. The molecule has 4 rings (SSSR count). The Morgan fingerprint density at radius 3 is 2.75 bits per heavy atom. The molecule has 8 heteroatoms. The summed E-state index contributed by atoms with van der Waals surface area (Å²) in [7, 11) is 1.55. The zero-order valence-electron chi connectivity index (χ0n) is 15.4. The number of aromatic amines is 1. The zero-order valence-corrected chi connectivity index (χ0v) is 15.4. The first-order valence-electron chi connectivity index (χ1n) is 8.65. The topological polar surface area (TPSA) is 77.7 Å². The zero-order chi connectivity index (χ0) is 19.7. The van der Waals surface area contributed by atoms with Gasteiger partial charge in [0.25, 0.3) is 0 Å². The first-order chi connectivity index (χ1) is 13.6. The predicted octanol–water partition coefficient (Wildman–Crippen LogP) is 2.93. The second kappa shape index (κ2) is 7.15. The molecule has 0 saturated heterocycles. The summed E-state index contributed by atoms with van der Waals surface area (Å²) in [6.07, 6.45) is 3.49. The van der Waals surface area contributed by atoms with Crippen molar-refractivity contribution >= 4 is 0 Å².